The highest BCUT2D eigenvalue weighted by Crippen LogP contribution is 2.49. The molecular formula is C14H18N2. The summed E-state index contributed by atoms with van der Waals surface area (Å²) in [6, 6.07) is 6.58. The van der Waals surface area contributed by atoms with Gasteiger partial charge < -0.3 is 10.7 Å². The van der Waals surface area contributed by atoms with Crippen molar-refractivity contribution in [1.82, 2.24) is 4.98 Å². The summed E-state index contributed by atoms with van der Waals surface area (Å²) in [5, 5.41) is 1.38. The molecule has 1 aliphatic carbocycles. The van der Waals surface area contributed by atoms with Crippen molar-refractivity contribution in [3.8, 4) is 0 Å². The fourth-order valence-corrected chi connectivity index (χ4v) is 2.68. The van der Waals surface area contributed by atoms with E-state index in [0.717, 1.165) is 13.0 Å². The molecule has 84 valence electrons. The topological polar surface area (TPSA) is 41.8 Å². The largest absolute Gasteiger partial charge is 0.361 e. The SMILES string of the molecule is CCc1cccc2c(C3(CN)CC3)c[nH]c12. The van der Waals surface area contributed by atoms with Crippen LogP contribution in [-0.2, 0) is 11.8 Å². The van der Waals surface area contributed by atoms with Crippen LogP contribution >= 0.6 is 0 Å². The van der Waals surface area contributed by atoms with E-state index in [1.165, 1.54) is 34.9 Å². The van der Waals surface area contributed by atoms with Gasteiger partial charge in [-0.15, -0.1) is 0 Å². The van der Waals surface area contributed by atoms with Gasteiger partial charge in [0.1, 0.15) is 0 Å². The summed E-state index contributed by atoms with van der Waals surface area (Å²) < 4.78 is 0. The molecule has 0 bridgehead atoms. The number of aryl methyl sites for hydroxylation is 1. The molecule has 0 aliphatic heterocycles. The zero-order valence-corrected chi connectivity index (χ0v) is 9.72. The van der Waals surface area contributed by atoms with E-state index in [1.807, 2.05) is 0 Å². The number of hydrogen-bond donors (Lipinski definition) is 2. The van der Waals surface area contributed by atoms with Crippen molar-refractivity contribution >= 4 is 10.9 Å². The van der Waals surface area contributed by atoms with Crippen molar-refractivity contribution in [3.63, 3.8) is 0 Å². The summed E-state index contributed by atoms with van der Waals surface area (Å²) in [5.74, 6) is 0. The number of nitrogens with one attached hydrogen (secondary N) is 1. The lowest BCUT2D eigenvalue weighted by Gasteiger charge is -2.11. The summed E-state index contributed by atoms with van der Waals surface area (Å²) in [7, 11) is 0. The highest BCUT2D eigenvalue weighted by atomic mass is 14.7. The highest BCUT2D eigenvalue weighted by Gasteiger charge is 2.44. The third kappa shape index (κ3) is 1.23. The van der Waals surface area contributed by atoms with Crippen LogP contribution < -0.4 is 5.73 Å². The molecule has 1 aromatic heterocycles. The molecule has 1 saturated carbocycles. The number of aromatic nitrogens is 1. The Hall–Kier alpha value is -1.28. The highest BCUT2D eigenvalue weighted by molar-refractivity contribution is 5.87. The molecule has 1 aromatic carbocycles. The normalized spacial score (nSPS) is 17.9. The minimum absolute atomic E-state index is 0.282. The maximum absolute atomic E-state index is 5.91. The summed E-state index contributed by atoms with van der Waals surface area (Å²) in [6.45, 7) is 2.97. The van der Waals surface area contributed by atoms with E-state index in [4.69, 9.17) is 5.73 Å². The quantitative estimate of drug-likeness (QED) is 0.810. The maximum atomic E-state index is 5.91. The molecule has 2 nitrogen and oxygen atoms in total. The third-order valence-corrected chi connectivity index (χ3v) is 4.00. The first-order valence-corrected chi connectivity index (χ1v) is 6.10. The molecule has 0 unspecified atom stereocenters. The van der Waals surface area contributed by atoms with Gasteiger partial charge >= 0.3 is 0 Å². The molecule has 2 heteroatoms. The van der Waals surface area contributed by atoms with Gasteiger partial charge in [-0.1, -0.05) is 25.1 Å². The number of fused-ring (bicyclic) bond motifs is 1. The molecule has 0 atom stereocenters. The van der Waals surface area contributed by atoms with E-state index in [1.54, 1.807) is 0 Å². The molecule has 0 saturated heterocycles. The molecule has 1 heterocycles. The molecule has 3 rings (SSSR count). The third-order valence-electron chi connectivity index (χ3n) is 4.00. The molecule has 3 N–H and O–H groups in total. The van der Waals surface area contributed by atoms with Crippen LogP contribution in [0.5, 0.6) is 0 Å². The van der Waals surface area contributed by atoms with E-state index < -0.39 is 0 Å². The average molecular weight is 214 g/mol. The molecular weight excluding hydrogens is 196 g/mol. The zero-order valence-electron chi connectivity index (χ0n) is 9.72. The maximum Gasteiger partial charge on any atom is 0.0489 e. The molecule has 0 spiro atoms. The molecule has 2 aromatic rings. The fourth-order valence-electron chi connectivity index (χ4n) is 2.68. The van der Waals surface area contributed by atoms with E-state index in [2.05, 4.69) is 36.3 Å². The van der Waals surface area contributed by atoms with E-state index in [-0.39, 0.29) is 5.41 Å². The lowest BCUT2D eigenvalue weighted by Crippen LogP contribution is -2.19. The lowest BCUT2D eigenvalue weighted by molar-refractivity contribution is 0.711. The van der Waals surface area contributed by atoms with Gasteiger partial charge in [0.25, 0.3) is 0 Å². The number of H-pyrrole nitrogens is 1. The fraction of sp³-hybridized carbons (Fsp3) is 0.429. The first kappa shape index (κ1) is 9.91. The van der Waals surface area contributed by atoms with Crippen LogP contribution in [0, 0.1) is 0 Å². The van der Waals surface area contributed by atoms with Gasteiger partial charge in [0.15, 0.2) is 0 Å². The Morgan fingerprint density at radius 3 is 2.81 bits per heavy atom. The Labute approximate surface area is 95.8 Å². The molecule has 16 heavy (non-hydrogen) atoms. The van der Waals surface area contributed by atoms with Gasteiger partial charge in [-0.05, 0) is 30.4 Å². The van der Waals surface area contributed by atoms with Crippen molar-refractivity contribution < 1.29 is 0 Å². The minimum atomic E-state index is 0.282. The Bertz CT molecular complexity index is 521. The lowest BCUT2D eigenvalue weighted by atomic mass is 9.95. The number of rotatable bonds is 3. The van der Waals surface area contributed by atoms with Crippen LogP contribution in [-0.4, -0.2) is 11.5 Å². The van der Waals surface area contributed by atoms with Crippen molar-refractivity contribution in [3.05, 3.63) is 35.5 Å². The van der Waals surface area contributed by atoms with Gasteiger partial charge in [0, 0.05) is 29.1 Å². The van der Waals surface area contributed by atoms with Crippen molar-refractivity contribution in [2.45, 2.75) is 31.6 Å². The molecule has 1 aliphatic rings. The Kier molecular flexibility index (Phi) is 2.08. The van der Waals surface area contributed by atoms with Gasteiger partial charge in [-0.3, -0.25) is 0 Å². The first-order valence-electron chi connectivity index (χ1n) is 6.10. The van der Waals surface area contributed by atoms with Crippen molar-refractivity contribution in [2.75, 3.05) is 6.54 Å². The standard InChI is InChI=1S/C14H18N2/c1-2-10-4-3-5-11-12(8-16-13(10)11)14(9-15)6-7-14/h3-5,8,16H,2,6-7,9,15H2,1H3. The number of hydrogen-bond acceptors (Lipinski definition) is 1. The number of para-hydroxylation sites is 1. The first-order chi connectivity index (χ1) is 7.80. The van der Waals surface area contributed by atoms with Crippen LogP contribution in [0.4, 0.5) is 0 Å². The monoisotopic (exact) mass is 214 g/mol. The smallest absolute Gasteiger partial charge is 0.0489 e. The number of benzene rings is 1. The van der Waals surface area contributed by atoms with Crippen LogP contribution in [0.1, 0.15) is 30.9 Å². The van der Waals surface area contributed by atoms with Crippen LogP contribution in [0.15, 0.2) is 24.4 Å². The van der Waals surface area contributed by atoms with Crippen LogP contribution in [0.25, 0.3) is 10.9 Å². The molecule has 0 amide bonds. The predicted molar refractivity (Wildman–Crippen MR) is 67.6 cm³/mol. The van der Waals surface area contributed by atoms with E-state index >= 15 is 0 Å². The van der Waals surface area contributed by atoms with E-state index in [0.29, 0.717) is 0 Å². The molecule has 1 fully saturated rings. The van der Waals surface area contributed by atoms with Crippen molar-refractivity contribution in [2.24, 2.45) is 5.73 Å². The minimum Gasteiger partial charge on any atom is -0.361 e. The Balaban J connectivity index is 2.21. The summed E-state index contributed by atoms with van der Waals surface area (Å²) >= 11 is 0. The number of nitrogens with two attached hydrogens (primary N) is 1. The van der Waals surface area contributed by atoms with Gasteiger partial charge in [0.2, 0.25) is 0 Å². The summed E-state index contributed by atoms with van der Waals surface area (Å²) in [4.78, 5) is 3.43. The average Bonchev–Trinajstić information content (AvgIpc) is 3.01. The Morgan fingerprint density at radius 2 is 2.19 bits per heavy atom. The predicted octanol–water partition coefficient (Wildman–Crippen LogP) is 2.72. The second-order valence-electron chi connectivity index (χ2n) is 4.88. The van der Waals surface area contributed by atoms with Gasteiger partial charge in [0.05, 0.1) is 0 Å². The van der Waals surface area contributed by atoms with Gasteiger partial charge in [-0.2, -0.15) is 0 Å². The van der Waals surface area contributed by atoms with Crippen LogP contribution in [0.3, 0.4) is 0 Å². The van der Waals surface area contributed by atoms with Crippen LogP contribution in [0.2, 0.25) is 0 Å². The Morgan fingerprint density at radius 1 is 1.38 bits per heavy atom. The second kappa shape index (κ2) is 3.36. The number of aromatic amines is 1. The summed E-state index contributed by atoms with van der Waals surface area (Å²) in [5.41, 5.74) is 10.3. The van der Waals surface area contributed by atoms with Gasteiger partial charge in [-0.25, -0.2) is 0 Å². The molecule has 0 radical (unpaired) electrons. The van der Waals surface area contributed by atoms with E-state index in [9.17, 15) is 0 Å². The van der Waals surface area contributed by atoms with Crippen molar-refractivity contribution in [1.29, 1.82) is 0 Å². The zero-order chi connectivity index (χ0) is 11.2. The second-order valence-corrected chi connectivity index (χ2v) is 4.88. The summed E-state index contributed by atoms with van der Waals surface area (Å²) in [6.07, 6.45) is 5.73.